The van der Waals surface area contributed by atoms with Gasteiger partial charge in [0, 0.05) is 34.4 Å². The summed E-state index contributed by atoms with van der Waals surface area (Å²) < 4.78 is 0. The smallest absolute Gasteiger partial charge is 0.0709 e. The Labute approximate surface area is 112 Å². The van der Waals surface area contributed by atoms with E-state index in [9.17, 15) is 5.11 Å². The van der Waals surface area contributed by atoms with Crippen LogP contribution < -0.4 is 0 Å². The molecule has 3 unspecified atom stereocenters. The van der Waals surface area contributed by atoms with Crippen molar-refractivity contribution in [3.63, 3.8) is 0 Å². The molecule has 1 aromatic heterocycles. The molecular weight excluding hydrogens is 250 g/mol. The zero-order chi connectivity index (χ0) is 12.1. The molecule has 0 saturated carbocycles. The summed E-state index contributed by atoms with van der Waals surface area (Å²) in [5.41, 5.74) is 1.18. The Hall–Kier alpha value is -0.190. The maximum atomic E-state index is 10.4. The maximum absolute atomic E-state index is 10.4. The van der Waals surface area contributed by atoms with Gasteiger partial charge in [0.05, 0.1) is 6.10 Å². The highest BCUT2D eigenvalue weighted by molar-refractivity contribution is 8.07. The third-order valence-corrected chi connectivity index (χ3v) is 6.46. The molecule has 1 aromatic rings. The van der Waals surface area contributed by atoms with Crippen LogP contribution in [0.5, 0.6) is 0 Å². The lowest BCUT2D eigenvalue weighted by atomic mass is 10.0. The number of pyridine rings is 1. The number of thioether (sulfide) groups is 2. The molecule has 3 atom stereocenters. The number of nitrogens with zero attached hydrogens (tertiary/aromatic N) is 1. The van der Waals surface area contributed by atoms with E-state index in [1.165, 1.54) is 17.1 Å². The highest BCUT2D eigenvalue weighted by Gasteiger charge is 2.30. The number of hydrogen-bond acceptors (Lipinski definition) is 4. The summed E-state index contributed by atoms with van der Waals surface area (Å²) in [6.07, 6.45) is 5.25. The first-order valence-electron chi connectivity index (χ1n) is 6.11. The lowest BCUT2D eigenvalue weighted by Gasteiger charge is -2.33. The first-order valence-corrected chi connectivity index (χ1v) is 8.21. The summed E-state index contributed by atoms with van der Waals surface area (Å²) >= 11 is 3.95. The predicted molar refractivity (Wildman–Crippen MR) is 76.7 cm³/mol. The second-order valence-corrected chi connectivity index (χ2v) is 6.91. The minimum absolute atomic E-state index is 0.236. The van der Waals surface area contributed by atoms with Crippen molar-refractivity contribution >= 4 is 23.5 Å². The summed E-state index contributed by atoms with van der Waals surface area (Å²) in [7, 11) is 0. The average molecular weight is 269 g/mol. The van der Waals surface area contributed by atoms with E-state index in [2.05, 4.69) is 11.9 Å². The van der Waals surface area contributed by atoms with Gasteiger partial charge in [-0.1, -0.05) is 6.92 Å². The SMILES string of the molecule is CCC1SCCSC1C(O)Cc1ccncc1. The van der Waals surface area contributed by atoms with Gasteiger partial charge in [-0.3, -0.25) is 4.98 Å². The molecule has 0 spiro atoms. The first-order chi connectivity index (χ1) is 8.31. The number of aliphatic hydroxyl groups excluding tert-OH is 1. The van der Waals surface area contributed by atoms with E-state index in [-0.39, 0.29) is 6.10 Å². The van der Waals surface area contributed by atoms with Crippen molar-refractivity contribution in [2.24, 2.45) is 0 Å². The molecule has 94 valence electrons. The molecule has 4 heteroatoms. The summed E-state index contributed by atoms with van der Waals surface area (Å²) in [5.74, 6) is 2.39. The van der Waals surface area contributed by atoms with Crippen LogP contribution in [0.3, 0.4) is 0 Å². The number of rotatable bonds is 4. The molecule has 1 aliphatic rings. The van der Waals surface area contributed by atoms with Gasteiger partial charge in [-0.25, -0.2) is 0 Å². The van der Waals surface area contributed by atoms with Crippen molar-refractivity contribution in [3.8, 4) is 0 Å². The molecule has 0 aromatic carbocycles. The highest BCUT2D eigenvalue weighted by atomic mass is 32.2. The Bertz CT molecular complexity index is 333. The normalized spacial score (nSPS) is 26.7. The fraction of sp³-hybridized carbons (Fsp3) is 0.615. The Morgan fingerprint density at radius 3 is 2.76 bits per heavy atom. The van der Waals surface area contributed by atoms with Crippen LogP contribution in [0, 0.1) is 0 Å². The molecule has 17 heavy (non-hydrogen) atoms. The third-order valence-electron chi connectivity index (χ3n) is 3.07. The average Bonchev–Trinajstić information content (AvgIpc) is 2.40. The second kappa shape index (κ2) is 6.66. The van der Waals surface area contributed by atoms with Gasteiger partial charge in [-0.05, 0) is 30.5 Å². The fourth-order valence-electron chi connectivity index (χ4n) is 2.17. The number of hydrogen-bond donors (Lipinski definition) is 1. The number of aromatic nitrogens is 1. The summed E-state index contributed by atoms with van der Waals surface area (Å²) in [4.78, 5) is 4.01. The fourth-order valence-corrected chi connectivity index (χ4v) is 5.32. The van der Waals surface area contributed by atoms with Crippen LogP contribution in [0.15, 0.2) is 24.5 Å². The predicted octanol–water partition coefficient (Wildman–Crippen LogP) is 2.61. The van der Waals surface area contributed by atoms with Gasteiger partial charge in [-0.15, -0.1) is 0 Å². The molecule has 0 aliphatic carbocycles. The van der Waals surface area contributed by atoms with Crippen LogP contribution in [0.4, 0.5) is 0 Å². The zero-order valence-electron chi connectivity index (χ0n) is 10.1. The minimum atomic E-state index is -0.236. The van der Waals surface area contributed by atoms with Crippen LogP contribution in [-0.4, -0.2) is 38.2 Å². The van der Waals surface area contributed by atoms with Crippen molar-refractivity contribution in [2.75, 3.05) is 11.5 Å². The Kier molecular flexibility index (Phi) is 5.19. The summed E-state index contributed by atoms with van der Waals surface area (Å²) in [6, 6.07) is 3.98. The zero-order valence-corrected chi connectivity index (χ0v) is 11.7. The van der Waals surface area contributed by atoms with E-state index in [1.807, 2.05) is 35.7 Å². The standard InChI is InChI=1S/C13H19NOS2/c1-2-12-13(17-8-7-16-12)11(15)9-10-3-5-14-6-4-10/h3-6,11-13,15H,2,7-9H2,1H3. The largest absolute Gasteiger partial charge is 0.392 e. The van der Waals surface area contributed by atoms with Gasteiger partial charge in [0.25, 0.3) is 0 Å². The lowest BCUT2D eigenvalue weighted by molar-refractivity contribution is 0.169. The third kappa shape index (κ3) is 3.63. The van der Waals surface area contributed by atoms with Crippen LogP contribution in [0.25, 0.3) is 0 Å². The van der Waals surface area contributed by atoms with Gasteiger partial charge in [0.15, 0.2) is 0 Å². The quantitative estimate of drug-likeness (QED) is 0.911. The van der Waals surface area contributed by atoms with E-state index in [4.69, 9.17) is 0 Å². The van der Waals surface area contributed by atoms with Gasteiger partial charge in [-0.2, -0.15) is 23.5 Å². The Balaban J connectivity index is 1.96. The second-order valence-electron chi connectivity index (χ2n) is 4.28. The number of aliphatic hydroxyl groups is 1. The van der Waals surface area contributed by atoms with Crippen molar-refractivity contribution < 1.29 is 5.11 Å². The summed E-state index contributed by atoms with van der Waals surface area (Å²) in [5, 5.41) is 11.4. The van der Waals surface area contributed by atoms with E-state index in [1.54, 1.807) is 12.4 Å². The molecule has 1 saturated heterocycles. The highest BCUT2D eigenvalue weighted by Crippen LogP contribution is 2.35. The van der Waals surface area contributed by atoms with Crippen molar-refractivity contribution in [3.05, 3.63) is 30.1 Å². The molecule has 1 aliphatic heterocycles. The van der Waals surface area contributed by atoms with Crippen LogP contribution in [0.1, 0.15) is 18.9 Å². The van der Waals surface area contributed by atoms with Gasteiger partial charge in [0.2, 0.25) is 0 Å². The molecular formula is C13H19NOS2. The Morgan fingerprint density at radius 1 is 1.35 bits per heavy atom. The lowest BCUT2D eigenvalue weighted by Crippen LogP contribution is -2.37. The van der Waals surface area contributed by atoms with Crippen LogP contribution in [-0.2, 0) is 6.42 Å². The molecule has 2 rings (SSSR count). The van der Waals surface area contributed by atoms with E-state index >= 15 is 0 Å². The molecule has 1 fully saturated rings. The van der Waals surface area contributed by atoms with E-state index < -0.39 is 0 Å². The Morgan fingerprint density at radius 2 is 2.06 bits per heavy atom. The first kappa shape index (κ1) is 13.2. The van der Waals surface area contributed by atoms with Crippen LogP contribution >= 0.6 is 23.5 Å². The minimum Gasteiger partial charge on any atom is -0.392 e. The van der Waals surface area contributed by atoms with Crippen LogP contribution in [0.2, 0.25) is 0 Å². The molecule has 2 heterocycles. The molecule has 0 bridgehead atoms. The van der Waals surface area contributed by atoms with E-state index in [0.29, 0.717) is 10.5 Å². The molecule has 1 N–H and O–H groups in total. The monoisotopic (exact) mass is 269 g/mol. The van der Waals surface area contributed by atoms with Gasteiger partial charge < -0.3 is 5.11 Å². The molecule has 0 amide bonds. The van der Waals surface area contributed by atoms with Crippen molar-refractivity contribution in [2.45, 2.75) is 36.4 Å². The van der Waals surface area contributed by atoms with Crippen molar-refractivity contribution in [1.29, 1.82) is 0 Å². The van der Waals surface area contributed by atoms with Gasteiger partial charge in [0.1, 0.15) is 0 Å². The van der Waals surface area contributed by atoms with Crippen molar-refractivity contribution in [1.82, 2.24) is 4.98 Å². The molecule has 0 radical (unpaired) electrons. The maximum Gasteiger partial charge on any atom is 0.0709 e. The summed E-state index contributed by atoms with van der Waals surface area (Å²) in [6.45, 7) is 2.22. The topological polar surface area (TPSA) is 33.1 Å². The van der Waals surface area contributed by atoms with E-state index in [0.717, 1.165) is 12.8 Å². The van der Waals surface area contributed by atoms with Gasteiger partial charge >= 0.3 is 0 Å². The molecule has 2 nitrogen and oxygen atoms in total.